The molecule has 0 atom stereocenters. The van der Waals surface area contributed by atoms with Crippen LogP contribution in [0.3, 0.4) is 0 Å². The van der Waals surface area contributed by atoms with Gasteiger partial charge in [0.1, 0.15) is 11.4 Å². The van der Waals surface area contributed by atoms with Crippen molar-refractivity contribution in [1.82, 2.24) is 4.98 Å². The van der Waals surface area contributed by atoms with Crippen molar-refractivity contribution in [2.45, 2.75) is 6.18 Å². The van der Waals surface area contributed by atoms with Gasteiger partial charge < -0.3 is 4.74 Å². The fourth-order valence-electron chi connectivity index (χ4n) is 1.19. The number of benzene rings is 1. The van der Waals surface area contributed by atoms with Crippen LogP contribution in [0.5, 0.6) is 11.6 Å². The van der Waals surface area contributed by atoms with Gasteiger partial charge in [-0.2, -0.15) is 13.2 Å². The first-order chi connectivity index (χ1) is 8.05. The summed E-state index contributed by atoms with van der Waals surface area (Å²) in [7, 11) is 0. The highest BCUT2D eigenvalue weighted by Gasteiger charge is 2.32. The summed E-state index contributed by atoms with van der Waals surface area (Å²) < 4.78 is 42.3. The van der Waals surface area contributed by atoms with E-state index < -0.39 is 11.9 Å². The first-order valence-corrected chi connectivity index (χ1v) is 4.74. The molecule has 1 heterocycles. The maximum Gasteiger partial charge on any atom is 0.433 e. The fraction of sp³-hybridized carbons (Fsp3) is 0.0833. The minimum absolute atomic E-state index is 0.0978. The number of halogens is 3. The Hall–Kier alpha value is -2.04. The smallest absolute Gasteiger partial charge is 0.433 e. The molecule has 0 aliphatic rings. The average Bonchev–Trinajstić information content (AvgIpc) is 2.29. The molecule has 1 radical (unpaired) electrons. The molecule has 87 valence electrons. The van der Waals surface area contributed by atoms with E-state index in [1.165, 1.54) is 18.2 Å². The lowest BCUT2D eigenvalue weighted by Crippen LogP contribution is -2.07. The van der Waals surface area contributed by atoms with Crippen LogP contribution >= 0.6 is 0 Å². The summed E-state index contributed by atoms with van der Waals surface area (Å²) in [6, 6.07) is 12.7. The van der Waals surface area contributed by atoms with E-state index in [0.29, 0.717) is 5.75 Å². The molecule has 1 aromatic heterocycles. The molecule has 0 N–H and O–H groups in total. The van der Waals surface area contributed by atoms with Gasteiger partial charge in [0.2, 0.25) is 5.88 Å². The van der Waals surface area contributed by atoms with Crippen LogP contribution in [0.2, 0.25) is 0 Å². The predicted molar refractivity (Wildman–Crippen MR) is 54.6 cm³/mol. The minimum atomic E-state index is -4.47. The largest absolute Gasteiger partial charge is 0.439 e. The summed E-state index contributed by atoms with van der Waals surface area (Å²) in [6.07, 6.45) is -4.47. The molecule has 17 heavy (non-hydrogen) atoms. The summed E-state index contributed by atoms with van der Waals surface area (Å²) in [6.45, 7) is 0. The van der Waals surface area contributed by atoms with E-state index in [0.717, 1.165) is 6.07 Å². The molecule has 2 aromatic rings. The number of hydrogen-bond acceptors (Lipinski definition) is 2. The van der Waals surface area contributed by atoms with Gasteiger partial charge in [0.05, 0.1) is 0 Å². The zero-order chi connectivity index (χ0) is 12.3. The molecule has 0 spiro atoms. The van der Waals surface area contributed by atoms with Gasteiger partial charge in [0.15, 0.2) is 0 Å². The Morgan fingerprint density at radius 2 is 1.94 bits per heavy atom. The quantitative estimate of drug-likeness (QED) is 0.795. The van der Waals surface area contributed by atoms with Gasteiger partial charge >= 0.3 is 6.18 Å². The molecule has 0 aliphatic heterocycles. The molecule has 0 saturated carbocycles. The Morgan fingerprint density at radius 3 is 2.59 bits per heavy atom. The lowest BCUT2D eigenvalue weighted by molar-refractivity contribution is -0.141. The van der Waals surface area contributed by atoms with Gasteiger partial charge in [0.25, 0.3) is 0 Å². The van der Waals surface area contributed by atoms with E-state index in [9.17, 15) is 13.2 Å². The SMILES string of the molecule is FC(F)(F)c1cccc(Oc2c[c]ccc2)n1. The molecule has 2 rings (SSSR count). The van der Waals surface area contributed by atoms with Gasteiger partial charge in [-0.15, -0.1) is 0 Å². The van der Waals surface area contributed by atoms with E-state index >= 15 is 0 Å². The van der Waals surface area contributed by atoms with E-state index in [1.54, 1.807) is 18.2 Å². The highest BCUT2D eigenvalue weighted by atomic mass is 19.4. The van der Waals surface area contributed by atoms with Crippen LogP contribution in [-0.2, 0) is 6.18 Å². The molecular weight excluding hydrogens is 231 g/mol. The van der Waals surface area contributed by atoms with Crippen LogP contribution in [0.15, 0.2) is 42.5 Å². The number of hydrogen-bond donors (Lipinski definition) is 0. The highest BCUT2D eigenvalue weighted by molar-refractivity contribution is 5.27. The Bertz CT molecular complexity index is 497. The molecule has 1 aromatic carbocycles. The summed E-state index contributed by atoms with van der Waals surface area (Å²) in [4.78, 5) is 3.38. The van der Waals surface area contributed by atoms with Crippen LogP contribution in [-0.4, -0.2) is 4.98 Å². The number of pyridine rings is 1. The molecule has 0 saturated heterocycles. The second-order valence-corrected chi connectivity index (χ2v) is 3.20. The maximum atomic E-state index is 12.4. The highest BCUT2D eigenvalue weighted by Crippen LogP contribution is 2.29. The normalized spacial score (nSPS) is 11.2. The third kappa shape index (κ3) is 2.96. The third-order valence-corrected chi connectivity index (χ3v) is 1.91. The maximum absolute atomic E-state index is 12.4. The zero-order valence-electron chi connectivity index (χ0n) is 8.53. The van der Waals surface area contributed by atoms with Crippen LogP contribution in [0.1, 0.15) is 5.69 Å². The Balaban J connectivity index is 2.23. The van der Waals surface area contributed by atoms with Crippen molar-refractivity contribution in [1.29, 1.82) is 0 Å². The molecular formula is C12H7F3NO. The standard InChI is InChI=1S/C12H7F3NO/c13-12(14,15)10-7-4-8-11(16-10)17-9-5-2-1-3-6-9/h1-2,4-8H. The first-order valence-electron chi connectivity index (χ1n) is 4.74. The number of ether oxygens (including phenoxy) is 1. The number of aromatic nitrogens is 1. The Kier molecular flexibility index (Phi) is 2.99. The van der Waals surface area contributed by atoms with Gasteiger partial charge in [-0.3, -0.25) is 0 Å². The van der Waals surface area contributed by atoms with Crippen molar-refractivity contribution < 1.29 is 17.9 Å². The Morgan fingerprint density at radius 1 is 1.12 bits per heavy atom. The summed E-state index contributed by atoms with van der Waals surface area (Å²) in [5.41, 5.74) is -0.977. The molecule has 0 bridgehead atoms. The summed E-state index contributed by atoms with van der Waals surface area (Å²) >= 11 is 0. The summed E-state index contributed by atoms with van der Waals surface area (Å²) in [5, 5.41) is 0. The molecule has 0 aliphatic carbocycles. The molecule has 0 unspecified atom stereocenters. The lowest BCUT2D eigenvalue weighted by atomic mass is 10.3. The molecule has 0 amide bonds. The number of alkyl halides is 3. The molecule has 2 nitrogen and oxygen atoms in total. The van der Waals surface area contributed by atoms with Crippen LogP contribution in [0.25, 0.3) is 0 Å². The topological polar surface area (TPSA) is 22.1 Å². The monoisotopic (exact) mass is 238 g/mol. The predicted octanol–water partition coefficient (Wildman–Crippen LogP) is 3.69. The van der Waals surface area contributed by atoms with Crippen molar-refractivity contribution in [3.63, 3.8) is 0 Å². The van der Waals surface area contributed by atoms with Gasteiger partial charge in [0, 0.05) is 6.07 Å². The lowest BCUT2D eigenvalue weighted by Gasteiger charge is -2.08. The van der Waals surface area contributed by atoms with Crippen molar-refractivity contribution in [2.24, 2.45) is 0 Å². The van der Waals surface area contributed by atoms with Crippen molar-refractivity contribution in [3.8, 4) is 11.6 Å². The molecule has 0 fully saturated rings. The van der Waals surface area contributed by atoms with E-state index in [4.69, 9.17) is 4.74 Å². The van der Waals surface area contributed by atoms with Gasteiger partial charge in [-0.05, 0) is 24.3 Å². The third-order valence-electron chi connectivity index (χ3n) is 1.91. The van der Waals surface area contributed by atoms with Crippen molar-refractivity contribution in [2.75, 3.05) is 0 Å². The first kappa shape index (κ1) is 11.4. The zero-order valence-corrected chi connectivity index (χ0v) is 8.53. The van der Waals surface area contributed by atoms with Gasteiger partial charge in [-0.1, -0.05) is 18.2 Å². The Labute approximate surface area is 95.7 Å². The number of nitrogens with zero attached hydrogens (tertiary/aromatic N) is 1. The van der Waals surface area contributed by atoms with Crippen molar-refractivity contribution >= 4 is 0 Å². The fourth-order valence-corrected chi connectivity index (χ4v) is 1.19. The van der Waals surface area contributed by atoms with Crippen molar-refractivity contribution in [3.05, 3.63) is 54.2 Å². The summed E-state index contributed by atoms with van der Waals surface area (Å²) in [5.74, 6) is 0.291. The van der Waals surface area contributed by atoms with Crippen LogP contribution < -0.4 is 4.74 Å². The van der Waals surface area contributed by atoms with Gasteiger partial charge in [-0.25, -0.2) is 4.98 Å². The van der Waals surface area contributed by atoms with E-state index in [-0.39, 0.29) is 5.88 Å². The van der Waals surface area contributed by atoms with E-state index in [2.05, 4.69) is 11.1 Å². The second kappa shape index (κ2) is 4.45. The minimum Gasteiger partial charge on any atom is -0.439 e. The number of rotatable bonds is 2. The second-order valence-electron chi connectivity index (χ2n) is 3.20. The van der Waals surface area contributed by atoms with E-state index in [1.807, 2.05) is 0 Å². The van der Waals surface area contributed by atoms with Crippen LogP contribution in [0, 0.1) is 6.07 Å². The van der Waals surface area contributed by atoms with Crippen LogP contribution in [0.4, 0.5) is 13.2 Å². The average molecular weight is 238 g/mol. The molecule has 5 heteroatoms.